The molecule has 2 amide bonds. The number of nitrogens with one attached hydrogen (secondary N) is 1. The summed E-state index contributed by atoms with van der Waals surface area (Å²) in [6.07, 6.45) is 0.515. The van der Waals surface area contributed by atoms with E-state index >= 15 is 0 Å². The average Bonchev–Trinajstić information content (AvgIpc) is 3.13. The quantitative estimate of drug-likeness (QED) is 0.606. The first-order valence-corrected chi connectivity index (χ1v) is 10.4. The van der Waals surface area contributed by atoms with Crippen LogP contribution in [0.5, 0.6) is 0 Å². The molecule has 1 fully saturated rings. The Labute approximate surface area is 177 Å². The number of benzene rings is 1. The predicted molar refractivity (Wildman–Crippen MR) is 115 cm³/mol. The highest BCUT2D eigenvalue weighted by Crippen LogP contribution is 2.40. The number of amides is 2. The average molecular weight is 428 g/mol. The Morgan fingerprint density at radius 3 is 2.87 bits per heavy atom. The highest BCUT2D eigenvalue weighted by atomic mass is 32.1. The summed E-state index contributed by atoms with van der Waals surface area (Å²) in [5.41, 5.74) is 8.40. The normalized spacial score (nSPS) is 17.1. The van der Waals surface area contributed by atoms with Crippen molar-refractivity contribution in [2.45, 2.75) is 19.5 Å². The first kappa shape index (κ1) is 20.4. The number of primary amides is 1. The molecule has 4 rings (SSSR count). The van der Waals surface area contributed by atoms with E-state index in [9.17, 15) is 9.18 Å². The first-order chi connectivity index (χ1) is 14.5. The van der Waals surface area contributed by atoms with Crippen molar-refractivity contribution < 1.29 is 13.9 Å². The highest BCUT2D eigenvalue weighted by Gasteiger charge is 2.19. The molecule has 2 aromatic heterocycles. The van der Waals surface area contributed by atoms with Crippen molar-refractivity contribution in [1.29, 1.82) is 0 Å². The molecule has 3 heterocycles. The Morgan fingerprint density at radius 2 is 2.17 bits per heavy atom. The molecule has 156 valence electrons. The molecule has 30 heavy (non-hydrogen) atoms. The maximum absolute atomic E-state index is 13.5. The van der Waals surface area contributed by atoms with Crippen molar-refractivity contribution in [1.82, 2.24) is 14.9 Å². The number of carbonyl (C=O) groups excluding carboxylic acids is 1. The Kier molecular flexibility index (Phi) is 6.03. The van der Waals surface area contributed by atoms with Crippen molar-refractivity contribution >= 4 is 23.1 Å². The number of hydrogen-bond donors (Lipinski definition) is 2. The third-order valence-electron chi connectivity index (χ3n) is 4.98. The molecule has 1 aromatic carbocycles. The second kappa shape index (κ2) is 8.86. The van der Waals surface area contributed by atoms with Crippen LogP contribution in [0.15, 0.2) is 42.6 Å². The zero-order valence-electron chi connectivity index (χ0n) is 16.5. The minimum atomic E-state index is -0.825. The SMILES string of the molecule is C[C@H]1COCCN1Cc1ccc(-c2cc(NC(N)=O)c(-c3ccnc(F)n3)s2)cc1. The van der Waals surface area contributed by atoms with Crippen molar-refractivity contribution in [3.63, 3.8) is 0 Å². The van der Waals surface area contributed by atoms with Crippen LogP contribution in [0.4, 0.5) is 14.9 Å². The van der Waals surface area contributed by atoms with Crippen LogP contribution in [-0.2, 0) is 11.3 Å². The summed E-state index contributed by atoms with van der Waals surface area (Å²) >= 11 is 1.40. The first-order valence-electron chi connectivity index (χ1n) is 9.60. The molecule has 0 bridgehead atoms. The molecule has 1 saturated heterocycles. The Morgan fingerprint density at radius 1 is 1.37 bits per heavy atom. The molecular weight excluding hydrogens is 405 g/mol. The van der Waals surface area contributed by atoms with E-state index < -0.39 is 12.1 Å². The summed E-state index contributed by atoms with van der Waals surface area (Å²) in [7, 11) is 0. The molecule has 1 aliphatic heterocycles. The van der Waals surface area contributed by atoms with Gasteiger partial charge in [-0.3, -0.25) is 4.90 Å². The molecule has 1 atom stereocenters. The van der Waals surface area contributed by atoms with Crippen LogP contribution in [0.1, 0.15) is 12.5 Å². The van der Waals surface area contributed by atoms with E-state index in [1.54, 1.807) is 6.07 Å². The topological polar surface area (TPSA) is 93.4 Å². The summed E-state index contributed by atoms with van der Waals surface area (Å²) in [6, 6.07) is 11.4. The van der Waals surface area contributed by atoms with E-state index in [1.807, 2.05) is 18.2 Å². The fourth-order valence-corrected chi connectivity index (χ4v) is 4.50. The van der Waals surface area contributed by atoms with Crippen LogP contribution < -0.4 is 11.1 Å². The van der Waals surface area contributed by atoms with Gasteiger partial charge in [0.25, 0.3) is 0 Å². The second-order valence-electron chi connectivity index (χ2n) is 7.14. The van der Waals surface area contributed by atoms with E-state index in [0.29, 0.717) is 22.3 Å². The molecule has 0 aliphatic carbocycles. The van der Waals surface area contributed by atoms with Gasteiger partial charge in [0.15, 0.2) is 0 Å². The van der Waals surface area contributed by atoms with E-state index in [4.69, 9.17) is 10.5 Å². The lowest BCUT2D eigenvalue weighted by molar-refractivity contribution is -0.00436. The fourth-order valence-electron chi connectivity index (χ4n) is 3.42. The standard InChI is InChI=1S/C21H22FN5O2S/c1-13-12-29-9-8-27(13)11-14-2-4-15(5-3-14)18-10-17(26-21(23)28)19(30-18)16-6-7-24-20(22)25-16/h2-7,10,13H,8-9,11-12H2,1H3,(H3,23,26,28)/t13-/m0/s1. The number of urea groups is 1. The molecule has 0 radical (unpaired) electrons. The zero-order chi connectivity index (χ0) is 21.1. The number of rotatable bonds is 5. The third kappa shape index (κ3) is 4.64. The van der Waals surface area contributed by atoms with Gasteiger partial charge in [-0.15, -0.1) is 11.3 Å². The number of anilines is 1. The van der Waals surface area contributed by atoms with Crippen LogP contribution in [0.3, 0.4) is 0 Å². The highest BCUT2D eigenvalue weighted by molar-refractivity contribution is 7.19. The van der Waals surface area contributed by atoms with Crippen molar-refractivity contribution in [3.8, 4) is 21.0 Å². The summed E-state index contributed by atoms with van der Waals surface area (Å²) in [6.45, 7) is 5.49. The van der Waals surface area contributed by atoms with Gasteiger partial charge in [0, 0.05) is 30.2 Å². The van der Waals surface area contributed by atoms with Gasteiger partial charge in [-0.25, -0.2) is 14.8 Å². The minimum Gasteiger partial charge on any atom is -0.379 e. The second-order valence-corrected chi connectivity index (χ2v) is 8.20. The van der Waals surface area contributed by atoms with Crippen molar-refractivity contribution in [2.75, 3.05) is 25.1 Å². The smallest absolute Gasteiger partial charge is 0.316 e. The van der Waals surface area contributed by atoms with Crippen LogP contribution in [0.2, 0.25) is 0 Å². The number of ether oxygens (including phenoxy) is 1. The van der Waals surface area contributed by atoms with E-state index in [1.165, 1.54) is 23.1 Å². The Balaban J connectivity index is 1.59. The molecule has 9 heteroatoms. The Hall–Kier alpha value is -2.88. The van der Waals surface area contributed by atoms with Crippen LogP contribution in [0.25, 0.3) is 21.0 Å². The van der Waals surface area contributed by atoms with Gasteiger partial charge in [-0.2, -0.15) is 4.39 Å². The van der Waals surface area contributed by atoms with Crippen molar-refractivity contribution in [3.05, 3.63) is 54.2 Å². The predicted octanol–water partition coefficient (Wildman–Crippen LogP) is 3.72. The molecule has 7 nitrogen and oxygen atoms in total. The number of hydrogen-bond acceptors (Lipinski definition) is 6. The lowest BCUT2D eigenvalue weighted by Gasteiger charge is -2.33. The Bertz CT molecular complexity index is 1040. The number of halogens is 1. The number of thiophene rings is 1. The van der Waals surface area contributed by atoms with E-state index in [2.05, 4.69) is 39.2 Å². The largest absolute Gasteiger partial charge is 0.379 e. The molecule has 1 aliphatic rings. The minimum absolute atomic E-state index is 0.389. The molecule has 0 spiro atoms. The van der Waals surface area contributed by atoms with Gasteiger partial charge in [-0.05, 0) is 30.2 Å². The lowest BCUT2D eigenvalue weighted by atomic mass is 10.1. The maximum Gasteiger partial charge on any atom is 0.316 e. The monoisotopic (exact) mass is 427 g/mol. The maximum atomic E-state index is 13.5. The van der Waals surface area contributed by atoms with Crippen LogP contribution in [0, 0.1) is 6.08 Å². The molecule has 0 saturated carbocycles. The summed E-state index contributed by atoms with van der Waals surface area (Å²) < 4.78 is 19.0. The number of aromatic nitrogens is 2. The number of nitrogens with two attached hydrogens (primary N) is 1. The lowest BCUT2D eigenvalue weighted by Crippen LogP contribution is -2.42. The number of nitrogens with zero attached hydrogens (tertiary/aromatic N) is 3. The number of carbonyl (C=O) groups is 1. The summed E-state index contributed by atoms with van der Waals surface area (Å²) in [5, 5.41) is 2.60. The molecule has 3 aromatic rings. The van der Waals surface area contributed by atoms with E-state index in [0.717, 1.165) is 36.7 Å². The molecular formula is C21H22FN5O2S. The fraction of sp³-hybridized carbons (Fsp3) is 0.286. The van der Waals surface area contributed by atoms with Gasteiger partial charge >= 0.3 is 12.1 Å². The van der Waals surface area contributed by atoms with Gasteiger partial charge in [-0.1, -0.05) is 24.3 Å². The zero-order valence-corrected chi connectivity index (χ0v) is 17.3. The third-order valence-corrected chi connectivity index (χ3v) is 6.18. The number of morpholine rings is 1. The van der Waals surface area contributed by atoms with Crippen LogP contribution in [-0.4, -0.2) is 46.7 Å². The van der Waals surface area contributed by atoms with Crippen molar-refractivity contribution in [2.24, 2.45) is 5.73 Å². The van der Waals surface area contributed by atoms with Gasteiger partial charge in [0.05, 0.1) is 29.5 Å². The van der Waals surface area contributed by atoms with Gasteiger partial charge < -0.3 is 15.8 Å². The molecule has 3 N–H and O–H groups in total. The van der Waals surface area contributed by atoms with Gasteiger partial charge in [0.2, 0.25) is 0 Å². The van der Waals surface area contributed by atoms with Crippen LogP contribution >= 0.6 is 11.3 Å². The van der Waals surface area contributed by atoms with Gasteiger partial charge in [0.1, 0.15) is 0 Å². The summed E-state index contributed by atoms with van der Waals surface area (Å²) in [4.78, 5) is 22.7. The molecule has 0 unspecified atom stereocenters. The van der Waals surface area contributed by atoms with E-state index in [-0.39, 0.29) is 0 Å². The summed E-state index contributed by atoms with van der Waals surface area (Å²) in [5.74, 6) is 0.